The molecule has 1 unspecified atom stereocenters. The monoisotopic (exact) mass is 247 g/mol. The molecule has 0 radical (unpaired) electrons. The maximum Gasteiger partial charge on any atom is 0.0502 e. The highest BCUT2D eigenvalue weighted by Crippen LogP contribution is 2.37. The smallest absolute Gasteiger partial charge is 0.0502 e. The topological polar surface area (TPSA) is 21.3 Å². The van der Waals surface area contributed by atoms with Crippen LogP contribution in [0.2, 0.25) is 0 Å². The molecule has 1 saturated carbocycles. The summed E-state index contributed by atoms with van der Waals surface area (Å²) < 4.78 is 5.11. The molecule has 1 aromatic rings. The van der Waals surface area contributed by atoms with Gasteiger partial charge in [-0.05, 0) is 36.4 Å². The van der Waals surface area contributed by atoms with Crippen LogP contribution in [-0.2, 0) is 11.2 Å². The molecule has 100 valence electrons. The van der Waals surface area contributed by atoms with E-state index < -0.39 is 0 Å². The molecule has 0 bridgehead atoms. The van der Waals surface area contributed by atoms with E-state index in [1.165, 1.54) is 30.4 Å². The van der Waals surface area contributed by atoms with Gasteiger partial charge in [-0.25, -0.2) is 0 Å². The number of hydrogen-bond acceptors (Lipinski definition) is 2. The second-order valence-electron chi connectivity index (χ2n) is 5.27. The Kier molecular flexibility index (Phi) is 5.21. The van der Waals surface area contributed by atoms with Crippen LogP contribution < -0.4 is 5.32 Å². The number of benzene rings is 1. The lowest BCUT2D eigenvalue weighted by molar-refractivity contribution is 0.202. The van der Waals surface area contributed by atoms with Gasteiger partial charge in [-0.2, -0.15) is 0 Å². The van der Waals surface area contributed by atoms with Crippen LogP contribution in [0.25, 0.3) is 0 Å². The van der Waals surface area contributed by atoms with Crippen molar-refractivity contribution in [2.45, 2.75) is 38.6 Å². The molecule has 0 spiro atoms. The van der Waals surface area contributed by atoms with Crippen molar-refractivity contribution in [1.29, 1.82) is 0 Å². The first-order chi connectivity index (χ1) is 8.83. The highest BCUT2D eigenvalue weighted by Gasteiger charge is 2.25. The summed E-state index contributed by atoms with van der Waals surface area (Å²) in [5, 5.41) is 3.61. The fourth-order valence-corrected chi connectivity index (χ4v) is 2.41. The third-order valence-electron chi connectivity index (χ3n) is 3.69. The molecule has 1 aliphatic rings. The minimum Gasteiger partial charge on any atom is -0.384 e. The van der Waals surface area contributed by atoms with Crippen molar-refractivity contribution < 1.29 is 4.74 Å². The Morgan fingerprint density at radius 3 is 2.56 bits per heavy atom. The van der Waals surface area contributed by atoms with Crippen molar-refractivity contribution in [2.75, 3.05) is 20.3 Å². The standard InChI is InChI=1S/C16H25NO/c1-3-17-16(12-14-4-5-14)15-8-6-13(7-9-15)10-11-18-2/h6-9,14,16-17H,3-5,10-12H2,1-2H3. The van der Waals surface area contributed by atoms with Crippen molar-refractivity contribution in [2.24, 2.45) is 5.92 Å². The van der Waals surface area contributed by atoms with Gasteiger partial charge in [0.2, 0.25) is 0 Å². The fourth-order valence-electron chi connectivity index (χ4n) is 2.41. The third kappa shape index (κ3) is 4.11. The maximum absolute atomic E-state index is 5.11. The Balaban J connectivity index is 1.95. The Morgan fingerprint density at radius 2 is 2.00 bits per heavy atom. The van der Waals surface area contributed by atoms with Gasteiger partial charge in [0.15, 0.2) is 0 Å². The molecule has 2 heteroatoms. The van der Waals surface area contributed by atoms with E-state index in [1.54, 1.807) is 7.11 Å². The van der Waals surface area contributed by atoms with E-state index in [-0.39, 0.29) is 0 Å². The van der Waals surface area contributed by atoms with Gasteiger partial charge in [0.25, 0.3) is 0 Å². The second-order valence-corrected chi connectivity index (χ2v) is 5.27. The van der Waals surface area contributed by atoms with E-state index in [1.807, 2.05) is 0 Å². The average molecular weight is 247 g/mol. The molecule has 0 heterocycles. The summed E-state index contributed by atoms with van der Waals surface area (Å²) >= 11 is 0. The van der Waals surface area contributed by atoms with Gasteiger partial charge in [0.05, 0.1) is 6.61 Å². The van der Waals surface area contributed by atoms with Crippen LogP contribution in [0.1, 0.15) is 43.4 Å². The molecule has 0 saturated heterocycles. The Morgan fingerprint density at radius 1 is 1.28 bits per heavy atom. The molecule has 1 aliphatic carbocycles. The normalized spacial score (nSPS) is 16.8. The Hall–Kier alpha value is -0.860. The van der Waals surface area contributed by atoms with E-state index >= 15 is 0 Å². The van der Waals surface area contributed by atoms with Crippen LogP contribution in [0.3, 0.4) is 0 Å². The van der Waals surface area contributed by atoms with E-state index in [2.05, 4.69) is 36.5 Å². The number of hydrogen-bond donors (Lipinski definition) is 1. The summed E-state index contributed by atoms with van der Waals surface area (Å²) in [4.78, 5) is 0. The first-order valence-corrected chi connectivity index (χ1v) is 7.14. The summed E-state index contributed by atoms with van der Waals surface area (Å²) in [7, 11) is 1.76. The summed E-state index contributed by atoms with van der Waals surface area (Å²) in [5.74, 6) is 0.960. The van der Waals surface area contributed by atoms with Crippen LogP contribution in [-0.4, -0.2) is 20.3 Å². The summed E-state index contributed by atoms with van der Waals surface area (Å²) in [5.41, 5.74) is 2.80. The highest BCUT2D eigenvalue weighted by molar-refractivity contribution is 5.25. The van der Waals surface area contributed by atoms with E-state index in [0.717, 1.165) is 25.5 Å². The van der Waals surface area contributed by atoms with Gasteiger partial charge >= 0.3 is 0 Å². The zero-order valence-electron chi connectivity index (χ0n) is 11.6. The minimum absolute atomic E-state index is 0.541. The van der Waals surface area contributed by atoms with Crippen molar-refractivity contribution in [3.05, 3.63) is 35.4 Å². The molecule has 0 amide bonds. The van der Waals surface area contributed by atoms with E-state index in [9.17, 15) is 0 Å². The number of methoxy groups -OCH3 is 1. The molecule has 0 aromatic heterocycles. The van der Waals surface area contributed by atoms with Gasteiger partial charge in [0, 0.05) is 13.2 Å². The lowest BCUT2D eigenvalue weighted by Gasteiger charge is -2.18. The van der Waals surface area contributed by atoms with Gasteiger partial charge in [0.1, 0.15) is 0 Å². The van der Waals surface area contributed by atoms with Gasteiger partial charge in [-0.15, -0.1) is 0 Å². The molecular formula is C16H25NO. The minimum atomic E-state index is 0.541. The number of rotatable bonds is 8. The lowest BCUT2D eigenvalue weighted by atomic mass is 9.99. The summed E-state index contributed by atoms with van der Waals surface area (Å²) in [6.07, 6.45) is 5.15. The SMILES string of the molecule is CCNC(CC1CC1)c1ccc(CCOC)cc1. The molecule has 2 rings (SSSR count). The van der Waals surface area contributed by atoms with E-state index in [4.69, 9.17) is 4.74 Å². The lowest BCUT2D eigenvalue weighted by Crippen LogP contribution is -2.21. The highest BCUT2D eigenvalue weighted by atomic mass is 16.5. The molecule has 2 nitrogen and oxygen atoms in total. The average Bonchev–Trinajstić information content (AvgIpc) is 3.20. The molecule has 0 aliphatic heterocycles. The van der Waals surface area contributed by atoms with Gasteiger partial charge in [-0.1, -0.05) is 44.0 Å². The first kappa shape index (κ1) is 13.6. The van der Waals surface area contributed by atoms with Crippen molar-refractivity contribution >= 4 is 0 Å². The molecular weight excluding hydrogens is 222 g/mol. The van der Waals surface area contributed by atoms with Crippen molar-refractivity contribution in [3.63, 3.8) is 0 Å². The van der Waals surface area contributed by atoms with Crippen LogP contribution in [0, 0.1) is 5.92 Å². The molecule has 1 N–H and O–H groups in total. The van der Waals surface area contributed by atoms with Gasteiger partial charge < -0.3 is 10.1 Å². The van der Waals surface area contributed by atoms with E-state index in [0.29, 0.717) is 6.04 Å². The Labute approximate surface area is 111 Å². The molecule has 1 fully saturated rings. The predicted molar refractivity (Wildman–Crippen MR) is 75.8 cm³/mol. The molecule has 1 atom stereocenters. The quantitative estimate of drug-likeness (QED) is 0.761. The fraction of sp³-hybridized carbons (Fsp3) is 0.625. The number of nitrogens with one attached hydrogen (secondary N) is 1. The van der Waals surface area contributed by atoms with Crippen molar-refractivity contribution in [3.8, 4) is 0 Å². The van der Waals surface area contributed by atoms with Crippen LogP contribution in [0.5, 0.6) is 0 Å². The third-order valence-corrected chi connectivity index (χ3v) is 3.69. The van der Waals surface area contributed by atoms with Crippen LogP contribution in [0.15, 0.2) is 24.3 Å². The summed E-state index contributed by atoms with van der Waals surface area (Å²) in [6, 6.07) is 9.58. The van der Waals surface area contributed by atoms with Crippen molar-refractivity contribution in [1.82, 2.24) is 5.32 Å². The zero-order chi connectivity index (χ0) is 12.8. The molecule has 18 heavy (non-hydrogen) atoms. The Bertz CT molecular complexity index is 343. The van der Waals surface area contributed by atoms with Gasteiger partial charge in [-0.3, -0.25) is 0 Å². The largest absolute Gasteiger partial charge is 0.384 e. The molecule has 1 aromatic carbocycles. The maximum atomic E-state index is 5.11. The summed E-state index contributed by atoms with van der Waals surface area (Å²) in [6.45, 7) is 4.04. The zero-order valence-corrected chi connectivity index (χ0v) is 11.6. The first-order valence-electron chi connectivity index (χ1n) is 7.14. The van der Waals surface area contributed by atoms with Crippen LogP contribution in [0.4, 0.5) is 0 Å². The van der Waals surface area contributed by atoms with Crippen LogP contribution >= 0.6 is 0 Å². The second kappa shape index (κ2) is 6.91. The number of ether oxygens (including phenoxy) is 1. The predicted octanol–water partition coefficient (Wildman–Crippen LogP) is 3.33.